The van der Waals surface area contributed by atoms with Crippen LogP contribution in [0.25, 0.3) is 28.0 Å². The van der Waals surface area contributed by atoms with E-state index in [1.165, 1.54) is 12.4 Å². The number of aromatic nitrogens is 6. The molecule has 0 radical (unpaired) electrons. The minimum atomic E-state index is -4.35. The van der Waals surface area contributed by atoms with Crippen molar-refractivity contribution in [3.63, 3.8) is 0 Å². The Labute approximate surface area is 199 Å². The second-order valence-corrected chi connectivity index (χ2v) is 8.83. The largest absolute Gasteiger partial charge is 0.408 e. The van der Waals surface area contributed by atoms with Crippen LogP contribution in [-0.4, -0.2) is 74.6 Å². The van der Waals surface area contributed by atoms with Crippen molar-refractivity contribution in [2.45, 2.75) is 25.2 Å². The highest BCUT2D eigenvalue weighted by Gasteiger charge is 2.30. The van der Waals surface area contributed by atoms with Crippen LogP contribution in [0.4, 0.5) is 19.0 Å². The molecule has 0 aliphatic carbocycles. The van der Waals surface area contributed by atoms with Gasteiger partial charge in [0.1, 0.15) is 12.4 Å². The molecule has 4 aromatic rings. The van der Waals surface area contributed by atoms with Crippen LogP contribution >= 0.6 is 0 Å². The van der Waals surface area contributed by atoms with Crippen LogP contribution in [0.1, 0.15) is 6.92 Å². The molecule has 1 atom stereocenters. The van der Waals surface area contributed by atoms with Crippen molar-refractivity contribution in [2.75, 3.05) is 38.2 Å². The van der Waals surface area contributed by atoms with E-state index in [2.05, 4.69) is 32.3 Å². The number of rotatable bonds is 5. The van der Waals surface area contributed by atoms with Crippen LogP contribution in [0.15, 0.2) is 49.1 Å². The maximum Gasteiger partial charge on any atom is 0.408 e. The second kappa shape index (κ2) is 8.93. The molecule has 0 saturated carbocycles. The predicted molar refractivity (Wildman–Crippen MR) is 124 cm³/mol. The molecule has 0 bridgehead atoms. The number of nitrogens with one attached hydrogen (secondary N) is 1. The van der Waals surface area contributed by atoms with Gasteiger partial charge in [0.25, 0.3) is 0 Å². The molecular formula is C23H25F3N8O. The lowest BCUT2D eigenvalue weighted by Crippen LogP contribution is -2.45. The first kappa shape index (κ1) is 23.2. The summed E-state index contributed by atoms with van der Waals surface area (Å²) in [5, 5.41) is 12.5. The Bertz CT molecular complexity index is 1330. The summed E-state index contributed by atoms with van der Waals surface area (Å²) < 4.78 is 46.4. The molecule has 4 aromatic heterocycles. The molecule has 184 valence electrons. The minimum Gasteiger partial charge on any atom is -0.375 e. The van der Waals surface area contributed by atoms with Gasteiger partial charge in [0.15, 0.2) is 5.82 Å². The van der Waals surface area contributed by atoms with Gasteiger partial charge in [-0.25, -0.2) is 9.67 Å². The molecule has 1 aliphatic heterocycles. The first-order valence-electron chi connectivity index (χ1n) is 11.1. The lowest BCUT2D eigenvalue weighted by Gasteiger charge is -2.32. The van der Waals surface area contributed by atoms with Crippen LogP contribution in [0.5, 0.6) is 0 Å². The molecule has 1 fully saturated rings. The maximum atomic E-state index is 12.7. The highest BCUT2D eigenvalue weighted by atomic mass is 19.4. The van der Waals surface area contributed by atoms with Crippen LogP contribution in [0.3, 0.4) is 0 Å². The molecule has 1 aliphatic rings. The van der Waals surface area contributed by atoms with Crippen molar-refractivity contribution in [3.8, 4) is 17.1 Å². The van der Waals surface area contributed by atoms with Crippen molar-refractivity contribution in [1.82, 2.24) is 34.8 Å². The highest BCUT2D eigenvalue weighted by molar-refractivity contribution is 5.83. The number of fused-ring (bicyclic) bond motifs is 1. The van der Waals surface area contributed by atoms with Crippen LogP contribution in [0.2, 0.25) is 0 Å². The van der Waals surface area contributed by atoms with Crippen molar-refractivity contribution in [1.29, 1.82) is 0 Å². The Kier molecular flexibility index (Phi) is 5.93. The zero-order valence-electron chi connectivity index (χ0n) is 19.3. The molecule has 12 heteroatoms. The summed E-state index contributed by atoms with van der Waals surface area (Å²) in [6.45, 7) is 3.94. The molecule has 9 nitrogen and oxygen atoms in total. The first-order valence-corrected chi connectivity index (χ1v) is 11.1. The molecule has 5 rings (SSSR count). The Morgan fingerprint density at radius 2 is 1.97 bits per heavy atom. The van der Waals surface area contributed by atoms with Crippen molar-refractivity contribution >= 4 is 16.7 Å². The van der Waals surface area contributed by atoms with Gasteiger partial charge in [0, 0.05) is 56.6 Å². The third-order valence-electron chi connectivity index (χ3n) is 6.06. The molecule has 5 heterocycles. The summed E-state index contributed by atoms with van der Waals surface area (Å²) in [6.07, 6.45) is 1.69. The van der Waals surface area contributed by atoms with E-state index in [0.717, 1.165) is 41.0 Å². The zero-order chi connectivity index (χ0) is 24.6. The standard InChI is InChI=1S/C23H25F3N8O/c1-22(35-2)13-27-6-7-32(14-22)20-4-3-5-21(31-20)34-19-8-18(28-9-16(19)10-30-34)17-11-29-33(12-17)15-23(24,25)26/h3-5,8-12,27H,6-7,13-15H2,1-2H3. The minimum absolute atomic E-state index is 0.344. The quantitative estimate of drug-likeness (QED) is 0.464. The number of alkyl halides is 3. The van der Waals surface area contributed by atoms with Gasteiger partial charge in [-0.15, -0.1) is 0 Å². The van der Waals surface area contributed by atoms with Gasteiger partial charge in [-0.3, -0.25) is 9.67 Å². The Morgan fingerprint density at radius 3 is 2.77 bits per heavy atom. The number of pyridine rings is 2. The van der Waals surface area contributed by atoms with Gasteiger partial charge in [0.2, 0.25) is 0 Å². The van der Waals surface area contributed by atoms with E-state index in [1.54, 1.807) is 30.3 Å². The van der Waals surface area contributed by atoms with E-state index >= 15 is 0 Å². The smallest absolute Gasteiger partial charge is 0.375 e. The average Bonchev–Trinajstić information content (AvgIpc) is 3.41. The SMILES string of the molecule is COC1(C)CNCCN(c2cccc(-n3ncc4cnc(-c5cnn(CC(F)(F)F)c5)cc43)n2)C1. The maximum absolute atomic E-state index is 12.7. The normalized spacial score (nSPS) is 19.3. The summed E-state index contributed by atoms with van der Waals surface area (Å²) in [7, 11) is 1.71. The summed E-state index contributed by atoms with van der Waals surface area (Å²) in [5.41, 5.74) is 1.38. The van der Waals surface area contributed by atoms with Gasteiger partial charge in [0.05, 0.1) is 29.2 Å². The van der Waals surface area contributed by atoms with Crippen LogP contribution in [-0.2, 0) is 11.3 Å². The number of methoxy groups -OCH3 is 1. The molecule has 0 amide bonds. The van der Waals surface area contributed by atoms with E-state index in [4.69, 9.17) is 9.72 Å². The first-order chi connectivity index (χ1) is 16.7. The van der Waals surface area contributed by atoms with E-state index in [-0.39, 0.29) is 5.60 Å². The lowest BCUT2D eigenvalue weighted by atomic mass is 10.1. The van der Waals surface area contributed by atoms with Crippen LogP contribution < -0.4 is 10.2 Å². The van der Waals surface area contributed by atoms with Crippen LogP contribution in [0, 0.1) is 0 Å². The van der Waals surface area contributed by atoms with Crippen molar-refractivity contribution in [3.05, 3.63) is 49.1 Å². The van der Waals surface area contributed by atoms with Crippen molar-refractivity contribution < 1.29 is 17.9 Å². The summed E-state index contributed by atoms with van der Waals surface area (Å²) in [6, 6.07) is 7.53. The predicted octanol–water partition coefficient (Wildman–Crippen LogP) is 3.06. The fourth-order valence-corrected chi connectivity index (χ4v) is 4.17. The zero-order valence-corrected chi connectivity index (χ0v) is 19.3. The molecule has 1 N–H and O–H groups in total. The van der Waals surface area contributed by atoms with E-state index < -0.39 is 12.7 Å². The number of hydrogen-bond acceptors (Lipinski definition) is 7. The van der Waals surface area contributed by atoms with Crippen molar-refractivity contribution in [2.24, 2.45) is 0 Å². The number of anilines is 1. The summed E-state index contributed by atoms with van der Waals surface area (Å²) >= 11 is 0. The third-order valence-corrected chi connectivity index (χ3v) is 6.06. The fourth-order valence-electron chi connectivity index (χ4n) is 4.17. The van der Waals surface area contributed by atoms with Gasteiger partial charge in [-0.05, 0) is 25.1 Å². The second-order valence-electron chi connectivity index (χ2n) is 8.83. The van der Waals surface area contributed by atoms with E-state index in [9.17, 15) is 13.2 Å². The Morgan fingerprint density at radius 1 is 1.14 bits per heavy atom. The lowest BCUT2D eigenvalue weighted by molar-refractivity contribution is -0.142. The van der Waals surface area contributed by atoms with Gasteiger partial charge in [-0.2, -0.15) is 23.4 Å². The van der Waals surface area contributed by atoms with Gasteiger partial charge < -0.3 is 15.0 Å². The summed E-state index contributed by atoms with van der Waals surface area (Å²) in [5.74, 6) is 1.43. The number of halogens is 3. The average molecular weight is 487 g/mol. The fraction of sp³-hybridized carbons (Fsp3) is 0.391. The Hall–Kier alpha value is -3.51. The molecule has 0 spiro atoms. The molecule has 1 unspecified atom stereocenters. The third kappa shape index (κ3) is 4.98. The van der Waals surface area contributed by atoms with E-state index in [0.29, 0.717) is 23.6 Å². The molecule has 0 aromatic carbocycles. The molecular weight excluding hydrogens is 461 g/mol. The topological polar surface area (TPSA) is 85.9 Å². The monoisotopic (exact) mass is 486 g/mol. The molecule has 35 heavy (non-hydrogen) atoms. The Balaban J connectivity index is 1.47. The highest BCUT2D eigenvalue weighted by Crippen LogP contribution is 2.26. The summed E-state index contributed by atoms with van der Waals surface area (Å²) in [4.78, 5) is 11.4. The van der Waals surface area contributed by atoms with E-state index in [1.807, 2.05) is 18.2 Å². The number of ether oxygens (including phenoxy) is 1. The number of nitrogens with zero attached hydrogens (tertiary/aromatic N) is 7. The van der Waals surface area contributed by atoms with Gasteiger partial charge in [-0.1, -0.05) is 6.07 Å². The van der Waals surface area contributed by atoms with Gasteiger partial charge >= 0.3 is 6.18 Å². The number of hydrogen-bond donors (Lipinski definition) is 1. The molecule has 1 saturated heterocycles.